The third-order valence-electron chi connectivity index (χ3n) is 4.75. The van der Waals surface area contributed by atoms with Gasteiger partial charge in [0.25, 0.3) is 0 Å². The Kier molecular flexibility index (Phi) is 7.00. The van der Waals surface area contributed by atoms with Crippen LogP contribution in [0.15, 0.2) is 39.8 Å². The van der Waals surface area contributed by atoms with E-state index in [0.717, 1.165) is 56.7 Å². The third-order valence-corrected chi connectivity index (χ3v) is 4.75. The topological polar surface area (TPSA) is 77.1 Å². The number of hydrogen-bond donors (Lipinski definition) is 2. The number of nitrogens with one attached hydrogen (secondary N) is 1. The van der Waals surface area contributed by atoms with Gasteiger partial charge in [0.1, 0.15) is 17.7 Å². The van der Waals surface area contributed by atoms with Crippen LogP contribution in [0.4, 0.5) is 4.39 Å². The average molecular weight is 389 g/mol. The van der Waals surface area contributed by atoms with Crippen molar-refractivity contribution in [1.82, 2.24) is 20.3 Å². The number of piperazine rings is 1. The smallest absolute Gasteiger partial charge is 0.194 e. The Balaban J connectivity index is 1.56. The molecule has 2 aromatic rings. The van der Waals surface area contributed by atoms with Crippen molar-refractivity contribution in [2.45, 2.75) is 26.5 Å². The van der Waals surface area contributed by atoms with Gasteiger partial charge in [-0.1, -0.05) is 23.4 Å². The van der Waals surface area contributed by atoms with Crippen molar-refractivity contribution >= 4 is 5.96 Å². The molecule has 0 radical (unpaired) electrons. The highest BCUT2D eigenvalue weighted by molar-refractivity contribution is 5.80. The molecule has 1 aromatic carbocycles. The Labute approximate surface area is 164 Å². The zero-order valence-corrected chi connectivity index (χ0v) is 16.4. The molecule has 28 heavy (non-hydrogen) atoms. The van der Waals surface area contributed by atoms with Gasteiger partial charge >= 0.3 is 0 Å². The second-order valence-electron chi connectivity index (χ2n) is 6.92. The first-order valence-electron chi connectivity index (χ1n) is 9.67. The summed E-state index contributed by atoms with van der Waals surface area (Å²) in [6.45, 7) is 8.91. The van der Waals surface area contributed by atoms with Crippen LogP contribution in [0.2, 0.25) is 0 Å². The number of aliphatic hydroxyl groups excluding tert-OH is 1. The summed E-state index contributed by atoms with van der Waals surface area (Å²) >= 11 is 0. The maximum absolute atomic E-state index is 13.8. The van der Waals surface area contributed by atoms with E-state index in [1.807, 2.05) is 19.9 Å². The Bertz CT molecular complexity index is 786. The molecule has 3 rings (SSSR count). The van der Waals surface area contributed by atoms with E-state index >= 15 is 0 Å². The van der Waals surface area contributed by atoms with Gasteiger partial charge in [-0.3, -0.25) is 9.89 Å². The van der Waals surface area contributed by atoms with Gasteiger partial charge in [0.2, 0.25) is 0 Å². The van der Waals surface area contributed by atoms with Gasteiger partial charge in [-0.05, 0) is 19.9 Å². The van der Waals surface area contributed by atoms with Gasteiger partial charge in [-0.25, -0.2) is 4.39 Å². The maximum atomic E-state index is 13.8. The quantitative estimate of drug-likeness (QED) is 0.581. The van der Waals surface area contributed by atoms with E-state index in [0.29, 0.717) is 0 Å². The fourth-order valence-corrected chi connectivity index (χ4v) is 3.28. The summed E-state index contributed by atoms with van der Waals surface area (Å²) in [4.78, 5) is 9.03. The Hall–Kier alpha value is -2.45. The van der Waals surface area contributed by atoms with Crippen LogP contribution in [0.3, 0.4) is 0 Å². The van der Waals surface area contributed by atoms with Gasteiger partial charge in [-0.15, -0.1) is 0 Å². The number of guanidine groups is 1. The number of nitrogens with zero attached hydrogens (tertiary/aromatic N) is 4. The van der Waals surface area contributed by atoms with Crippen LogP contribution in [-0.4, -0.2) is 65.3 Å². The molecule has 1 aliphatic rings. The van der Waals surface area contributed by atoms with Gasteiger partial charge in [-0.2, -0.15) is 0 Å². The van der Waals surface area contributed by atoms with Crippen molar-refractivity contribution in [2.75, 3.05) is 39.3 Å². The van der Waals surface area contributed by atoms with E-state index in [1.165, 1.54) is 6.07 Å². The molecule has 8 heteroatoms. The first kappa shape index (κ1) is 20.3. The summed E-state index contributed by atoms with van der Waals surface area (Å²) in [5.74, 6) is 1.16. The molecule has 0 amide bonds. The Morgan fingerprint density at radius 3 is 2.71 bits per heavy atom. The molecule has 0 saturated carbocycles. The minimum absolute atomic E-state index is 0.113. The predicted octanol–water partition coefficient (Wildman–Crippen LogP) is 1.94. The molecule has 1 unspecified atom stereocenters. The van der Waals surface area contributed by atoms with E-state index in [2.05, 4.69) is 25.3 Å². The number of aliphatic hydroxyl groups is 1. The van der Waals surface area contributed by atoms with Crippen LogP contribution >= 0.6 is 0 Å². The summed E-state index contributed by atoms with van der Waals surface area (Å²) in [5.41, 5.74) is 1.22. The zero-order chi connectivity index (χ0) is 19.9. The Morgan fingerprint density at radius 1 is 1.32 bits per heavy atom. The minimum atomic E-state index is -0.966. The van der Waals surface area contributed by atoms with Crippen molar-refractivity contribution in [1.29, 1.82) is 0 Å². The van der Waals surface area contributed by atoms with Crippen molar-refractivity contribution in [3.8, 4) is 0 Å². The van der Waals surface area contributed by atoms with Crippen LogP contribution in [0.25, 0.3) is 0 Å². The predicted molar refractivity (Wildman–Crippen MR) is 105 cm³/mol. The molecule has 0 aliphatic carbocycles. The molecule has 152 valence electrons. The summed E-state index contributed by atoms with van der Waals surface area (Å²) in [6, 6.07) is 8.22. The lowest BCUT2D eigenvalue weighted by molar-refractivity contribution is 0.165. The highest BCUT2D eigenvalue weighted by atomic mass is 19.1. The number of aryl methyl sites for hydroxylation is 1. The van der Waals surface area contributed by atoms with Gasteiger partial charge in [0.05, 0.1) is 12.2 Å². The van der Waals surface area contributed by atoms with Crippen molar-refractivity contribution in [2.24, 2.45) is 4.99 Å². The summed E-state index contributed by atoms with van der Waals surface area (Å²) in [6.07, 6.45) is -0.966. The van der Waals surface area contributed by atoms with E-state index < -0.39 is 11.9 Å². The van der Waals surface area contributed by atoms with Crippen molar-refractivity contribution < 1.29 is 14.0 Å². The van der Waals surface area contributed by atoms with Crippen LogP contribution < -0.4 is 5.32 Å². The zero-order valence-electron chi connectivity index (χ0n) is 16.4. The molecule has 0 spiro atoms. The second kappa shape index (κ2) is 9.66. The standard InChI is InChI=1S/C20H28FN5O2/c1-3-22-20(23-13-19(27)17-6-4-5-7-18(17)21)26-10-8-25(9-11-26)14-16-12-15(2)28-24-16/h4-7,12,19,27H,3,8-11,13-14H2,1-2H3,(H,22,23). The van der Waals surface area contributed by atoms with Crippen LogP contribution in [-0.2, 0) is 6.54 Å². The highest BCUT2D eigenvalue weighted by Crippen LogP contribution is 2.17. The molecule has 1 atom stereocenters. The number of rotatable bonds is 6. The number of aliphatic imine (C=N–C) groups is 1. The largest absolute Gasteiger partial charge is 0.386 e. The first-order valence-corrected chi connectivity index (χ1v) is 9.67. The number of hydrogen-bond acceptors (Lipinski definition) is 5. The summed E-state index contributed by atoms with van der Waals surface area (Å²) < 4.78 is 19.0. The molecule has 1 aromatic heterocycles. The van der Waals surface area contributed by atoms with Crippen LogP contribution in [0.1, 0.15) is 30.0 Å². The van der Waals surface area contributed by atoms with Crippen molar-refractivity contribution in [3.05, 3.63) is 53.2 Å². The highest BCUT2D eigenvalue weighted by Gasteiger charge is 2.21. The number of benzene rings is 1. The molecule has 1 aliphatic heterocycles. The number of halogens is 1. The lowest BCUT2D eigenvalue weighted by Crippen LogP contribution is -2.52. The summed E-state index contributed by atoms with van der Waals surface area (Å²) in [5, 5.41) is 17.6. The molecule has 0 bridgehead atoms. The number of aromatic nitrogens is 1. The van der Waals surface area contributed by atoms with Crippen LogP contribution in [0.5, 0.6) is 0 Å². The lowest BCUT2D eigenvalue weighted by Gasteiger charge is -2.36. The van der Waals surface area contributed by atoms with E-state index in [-0.39, 0.29) is 12.1 Å². The third kappa shape index (κ3) is 5.30. The second-order valence-corrected chi connectivity index (χ2v) is 6.92. The van der Waals surface area contributed by atoms with Gasteiger partial charge in [0.15, 0.2) is 5.96 Å². The molecule has 2 N–H and O–H groups in total. The fraction of sp³-hybridized carbons (Fsp3) is 0.500. The average Bonchev–Trinajstić information content (AvgIpc) is 3.10. The SMILES string of the molecule is CCNC(=NCC(O)c1ccccc1F)N1CCN(Cc2cc(C)on2)CC1. The van der Waals surface area contributed by atoms with Crippen LogP contribution in [0, 0.1) is 12.7 Å². The molecular weight excluding hydrogens is 361 g/mol. The first-order chi connectivity index (χ1) is 13.6. The van der Waals surface area contributed by atoms with E-state index in [1.54, 1.807) is 18.2 Å². The molecular formula is C20H28FN5O2. The van der Waals surface area contributed by atoms with Gasteiger partial charge < -0.3 is 19.8 Å². The Morgan fingerprint density at radius 2 is 2.07 bits per heavy atom. The van der Waals surface area contributed by atoms with E-state index in [4.69, 9.17) is 4.52 Å². The molecule has 7 nitrogen and oxygen atoms in total. The fourth-order valence-electron chi connectivity index (χ4n) is 3.28. The van der Waals surface area contributed by atoms with E-state index in [9.17, 15) is 9.50 Å². The minimum Gasteiger partial charge on any atom is -0.386 e. The maximum Gasteiger partial charge on any atom is 0.194 e. The van der Waals surface area contributed by atoms with Crippen molar-refractivity contribution in [3.63, 3.8) is 0 Å². The lowest BCUT2D eigenvalue weighted by atomic mass is 10.1. The molecule has 1 fully saturated rings. The normalized spacial score (nSPS) is 17.0. The van der Waals surface area contributed by atoms with Gasteiger partial charge in [0, 0.05) is 50.9 Å². The molecule has 1 saturated heterocycles. The monoisotopic (exact) mass is 389 g/mol. The summed E-state index contributed by atoms with van der Waals surface area (Å²) in [7, 11) is 0. The molecule has 2 heterocycles.